The van der Waals surface area contributed by atoms with E-state index in [1.165, 1.54) is 27.6 Å². The maximum Gasteiger partial charge on any atom is 0.348 e. The molecular formula is C17H16N2O3S2. The molecule has 0 bridgehead atoms. The second-order valence-electron chi connectivity index (χ2n) is 5.56. The largest absolute Gasteiger partial charge is 0.451 e. The minimum atomic E-state index is -0.505. The van der Waals surface area contributed by atoms with Crippen LogP contribution in [0.1, 0.15) is 43.4 Å². The molecule has 1 N–H and O–H groups in total. The molecular weight excluding hydrogens is 344 g/mol. The van der Waals surface area contributed by atoms with Crippen molar-refractivity contribution in [2.45, 2.75) is 32.6 Å². The van der Waals surface area contributed by atoms with Gasteiger partial charge >= 0.3 is 5.97 Å². The monoisotopic (exact) mass is 360 g/mol. The molecule has 1 aliphatic carbocycles. The van der Waals surface area contributed by atoms with Crippen molar-refractivity contribution in [3.05, 3.63) is 37.9 Å². The Morgan fingerprint density at radius 1 is 1.29 bits per heavy atom. The van der Waals surface area contributed by atoms with Gasteiger partial charge in [-0.15, -0.1) is 22.7 Å². The highest BCUT2D eigenvalue weighted by Crippen LogP contribution is 2.37. The Labute approximate surface area is 147 Å². The molecule has 5 nitrogen and oxygen atoms in total. The molecule has 0 saturated carbocycles. The highest BCUT2D eigenvalue weighted by Gasteiger charge is 2.22. The Bertz CT molecular complexity index is 829. The molecule has 1 aliphatic rings. The Balaban J connectivity index is 1.62. The summed E-state index contributed by atoms with van der Waals surface area (Å²) in [6.07, 6.45) is 4.03. The summed E-state index contributed by atoms with van der Waals surface area (Å²) in [5.74, 6) is -0.930. The van der Waals surface area contributed by atoms with Crippen LogP contribution in [0.2, 0.25) is 0 Å². The van der Waals surface area contributed by atoms with Gasteiger partial charge in [-0.05, 0) is 50.3 Å². The lowest BCUT2D eigenvalue weighted by molar-refractivity contribution is -0.119. The first-order valence-corrected chi connectivity index (χ1v) is 9.30. The van der Waals surface area contributed by atoms with Crippen LogP contribution in [0.25, 0.3) is 0 Å². The number of nitrogens with zero attached hydrogens (tertiary/aromatic N) is 1. The zero-order valence-electron chi connectivity index (χ0n) is 13.2. The summed E-state index contributed by atoms with van der Waals surface area (Å²) < 4.78 is 5.03. The van der Waals surface area contributed by atoms with Crippen molar-refractivity contribution in [2.24, 2.45) is 0 Å². The number of anilines is 1. The van der Waals surface area contributed by atoms with Crippen LogP contribution in [0, 0.1) is 18.3 Å². The van der Waals surface area contributed by atoms with E-state index in [1.807, 2.05) is 13.0 Å². The zero-order valence-corrected chi connectivity index (χ0v) is 14.8. The van der Waals surface area contributed by atoms with Gasteiger partial charge in [0.05, 0.1) is 5.56 Å². The number of thiophene rings is 2. The number of hydrogen-bond donors (Lipinski definition) is 1. The number of aryl methyl sites for hydroxylation is 2. The van der Waals surface area contributed by atoms with Crippen molar-refractivity contribution in [1.82, 2.24) is 0 Å². The van der Waals surface area contributed by atoms with Crippen molar-refractivity contribution < 1.29 is 14.3 Å². The average Bonchev–Trinajstić information content (AvgIpc) is 3.15. The van der Waals surface area contributed by atoms with Crippen molar-refractivity contribution in [3.63, 3.8) is 0 Å². The molecule has 0 spiro atoms. The van der Waals surface area contributed by atoms with E-state index in [-0.39, 0.29) is 6.61 Å². The number of rotatable bonds is 4. The number of fused-ring (bicyclic) bond motifs is 1. The van der Waals surface area contributed by atoms with Gasteiger partial charge in [-0.25, -0.2) is 4.79 Å². The highest BCUT2D eigenvalue weighted by molar-refractivity contribution is 7.16. The lowest BCUT2D eigenvalue weighted by Crippen LogP contribution is -2.20. The molecule has 0 saturated heterocycles. The van der Waals surface area contributed by atoms with Crippen molar-refractivity contribution in [2.75, 3.05) is 11.9 Å². The van der Waals surface area contributed by atoms with Crippen LogP contribution in [0.3, 0.4) is 0 Å². The van der Waals surface area contributed by atoms with Gasteiger partial charge in [0.1, 0.15) is 15.9 Å². The highest BCUT2D eigenvalue weighted by atomic mass is 32.1. The van der Waals surface area contributed by atoms with Gasteiger partial charge in [0.25, 0.3) is 5.91 Å². The number of carbonyl (C=O) groups is 2. The molecule has 1 amide bonds. The number of amides is 1. The molecule has 2 heterocycles. The molecule has 3 rings (SSSR count). The van der Waals surface area contributed by atoms with Crippen molar-refractivity contribution >= 4 is 39.6 Å². The molecule has 0 unspecified atom stereocenters. The quantitative estimate of drug-likeness (QED) is 0.844. The maximum atomic E-state index is 12.0. The maximum absolute atomic E-state index is 12.0. The second kappa shape index (κ2) is 7.16. The number of esters is 1. The molecule has 0 fully saturated rings. The fourth-order valence-electron chi connectivity index (χ4n) is 2.68. The van der Waals surface area contributed by atoms with E-state index in [4.69, 9.17) is 4.74 Å². The first-order chi connectivity index (χ1) is 11.6. The molecule has 2 aromatic heterocycles. The van der Waals surface area contributed by atoms with Gasteiger partial charge in [-0.3, -0.25) is 4.79 Å². The fraction of sp³-hybridized carbons (Fsp3) is 0.353. The minimum absolute atomic E-state index is 0.358. The summed E-state index contributed by atoms with van der Waals surface area (Å²) in [5.41, 5.74) is 1.62. The predicted molar refractivity (Wildman–Crippen MR) is 93.6 cm³/mol. The lowest BCUT2D eigenvalue weighted by Gasteiger charge is -2.09. The van der Waals surface area contributed by atoms with E-state index in [0.29, 0.717) is 15.4 Å². The normalized spacial score (nSPS) is 13.0. The minimum Gasteiger partial charge on any atom is -0.451 e. The molecule has 2 aromatic rings. The molecule has 24 heavy (non-hydrogen) atoms. The average molecular weight is 360 g/mol. The van der Waals surface area contributed by atoms with Crippen LogP contribution in [-0.4, -0.2) is 18.5 Å². The number of nitriles is 1. The second-order valence-corrected chi connectivity index (χ2v) is 7.95. The van der Waals surface area contributed by atoms with E-state index >= 15 is 0 Å². The van der Waals surface area contributed by atoms with Crippen LogP contribution in [0.5, 0.6) is 0 Å². The molecule has 0 atom stereocenters. The number of ether oxygens (including phenoxy) is 1. The number of nitrogens with one attached hydrogen (secondary N) is 1. The summed E-state index contributed by atoms with van der Waals surface area (Å²) >= 11 is 2.78. The first-order valence-electron chi connectivity index (χ1n) is 7.66. The third-order valence-electron chi connectivity index (χ3n) is 3.81. The van der Waals surface area contributed by atoms with E-state index < -0.39 is 11.9 Å². The van der Waals surface area contributed by atoms with E-state index in [9.17, 15) is 14.9 Å². The van der Waals surface area contributed by atoms with Gasteiger partial charge in [0.2, 0.25) is 0 Å². The van der Waals surface area contributed by atoms with Gasteiger partial charge in [-0.2, -0.15) is 5.26 Å². The van der Waals surface area contributed by atoms with Crippen LogP contribution in [0.15, 0.2) is 12.1 Å². The zero-order chi connectivity index (χ0) is 17.1. The van der Waals surface area contributed by atoms with Crippen LogP contribution >= 0.6 is 22.7 Å². The van der Waals surface area contributed by atoms with E-state index in [1.54, 1.807) is 6.07 Å². The summed E-state index contributed by atoms with van der Waals surface area (Å²) in [6, 6.07) is 5.70. The molecule has 0 aliphatic heterocycles. The molecule has 124 valence electrons. The molecule has 0 radical (unpaired) electrons. The first kappa shape index (κ1) is 16.7. The van der Waals surface area contributed by atoms with E-state index in [2.05, 4.69) is 11.4 Å². The smallest absolute Gasteiger partial charge is 0.348 e. The molecule has 0 aromatic carbocycles. The van der Waals surface area contributed by atoms with Crippen LogP contribution in [-0.2, 0) is 22.4 Å². The topological polar surface area (TPSA) is 79.2 Å². The summed E-state index contributed by atoms with van der Waals surface area (Å²) in [4.78, 5) is 26.6. The van der Waals surface area contributed by atoms with Gasteiger partial charge < -0.3 is 10.1 Å². The SMILES string of the molecule is Cc1ccc(C(=O)OCC(=O)Nc2sc3c(c2C#N)CCCC3)s1. The standard InChI is InChI=1S/C17H16N2O3S2/c1-10-6-7-14(23-10)17(21)22-9-15(20)19-16-12(8-18)11-4-2-3-5-13(11)24-16/h6-7H,2-5,9H2,1H3,(H,19,20). The van der Waals surface area contributed by atoms with Crippen molar-refractivity contribution in [3.8, 4) is 6.07 Å². The van der Waals surface area contributed by atoms with Crippen LogP contribution < -0.4 is 5.32 Å². The third kappa shape index (κ3) is 3.50. The van der Waals surface area contributed by atoms with Gasteiger partial charge in [0.15, 0.2) is 6.61 Å². The predicted octanol–water partition coefficient (Wildman–Crippen LogP) is 3.66. The van der Waals surface area contributed by atoms with Gasteiger partial charge in [0, 0.05) is 9.75 Å². The fourth-order valence-corrected chi connectivity index (χ4v) is 4.70. The Morgan fingerprint density at radius 3 is 2.79 bits per heavy atom. The van der Waals surface area contributed by atoms with E-state index in [0.717, 1.165) is 36.1 Å². The lowest BCUT2D eigenvalue weighted by atomic mass is 9.96. The van der Waals surface area contributed by atoms with Crippen molar-refractivity contribution in [1.29, 1.82) is 5.26 Å². The molecule has 7 heteroatoms. The Kier molecular flexibility index (Phi) is 4.97. The van der Waals surface area contributed by atoms with Gasteiger partial charge in [-0.1, -0.05) is 0 Å². The Hall–Kier alpha value is -2.17. The number of hydrogen-bond acceptors (Lipinski definition) is 6. The Morgan fingerprint density at radius 2 is 2.08 bits per heavy atom. The summed E-state index contributed by atoms with van der Waals surface area (Å²) in [7, 11) is 0. The third-order valence-corrected chi connectivity index (χ3v) is 6.00. The summed E-state index contributed by atoms with van der Waals surface area (Å²) in [6.45, 7) is 1.54. The van der Waals surface area contributed by atoms with Crippen LogP contribution in [0.4, 0.5) is 5.00 Å². The number of carbonyl (C=O) groups excluding carboxylic acids is 2. The summed E-state index contributed by atoms with van der Waals surface area (Å²) in [5, 5.41) is 12.6.